The molecule has 0 radical (unpaired) electrons. The summed E-state index contributed by atoms with van der Waals surface area (Å²) in [7, 11) is 0. The number of rotatable bonds is 3. The van der Waals surface area contributed by atoms with Crippen LogP contribution in [0, 0.1) is 0 Å². The first-order valence-corrected chi connectivity index (χ1v) is 5.88. The summed E-state index contributed by atoms with van der Waals surface area (Å²) in [5.41, 5.74) is 2.55. The van der Waals surface area contributed by atoms with Crippen LogP contribution in [0.4, 0.5) is 0 Å². The van der Waals surface area contributed by atoms with Crippen LogP contribution in [0.2, 0.25) is 0 Å². The molecule has 3 nitrogen and oxygen atoms in total. The number of carbonyl (C=O) groups is 1. The molecular weight excluding hydrogens is 282 g/mol. The predicted octanol–water partition coefficient (Wildman–Crippen LogP) is 3.14. The number of halogens is 1. The Balaban J connectivity index is 2.40. The van der Waals surface area contributed by atoms with Gasteiger partial charge in [-0.25, -0.2) is 0 Å². The minimum Gasteiger partial charge on any atom is -0.481 e. The SMILES string of the molecule is O=C(O)Cc1cc(-c2ccccc2Br)ccn1. The quantitative estimate of drug-likeness (QED) is 0.945. The topological polar surface area (TPSA) is 50.2 Å². The number of benzene rings is 1. The summed E-state index contributed by atoms with van der Waals surface area (Å²) in [5.74, 6) is -0.873. The Morgan fingerprint density at radius 1 is 1.29 bits per heavy atom. The lowest BCUT2D eigenvalue weighted by molar-refractivity contribution is -0.136. The van der Waals surface area contributed by atoms with Crippen molar-refractivity contribution in [2.24, 2.45) is 0 Å². The molecule has 0 bridgehead atoms. The van der Waals surface area contributed by atoms with Gasteiger partial charge < -0.3 is 5.11 Å². The van der Waals surface area contributed by atoms with Crippen LogP contribution in [-0.4, -0.2) is 16.1 Å². The smallest absolute Gasteiger partial charge is 0.309 e. The molecule has 1 aromatic heterocycles. The Morgan fingerprint density at radius 2 is 2.06 bits per heavy atom. The Labute approximate surface area is 107 Å². The molecular formula is C13H10BrNO2. The van der Waals surface area contributed by atoms with Crippen LogP contribution in [0.5, 0.6) is 0 Å². The highest BCUT2D eigenvalue weighted by molar-refractivity contribution is 9.10. The monoisotopic (exact) mass is 291 g/mol. The van der Waals surface area contributed by atoms with Gasteiger partial charge in [-0.3, -0.25) is 9.78 Å². The Morgan fingerprint density at radius 3 is 2.76 bits per heavy atom. The van der Waals surface area contributed by atoms with Crippen molar-refractivity contribution in [3.05, 3.63) is 52.8 Å². The summed E-state index contributed by atoms with van der Waals surface area (Å²) in [6.07, 6.45) is 1.57. The van der Waals surface area contributed by atoms with E-state index >= 15 is 0 Å². The number of nitrogens with zero attached hydrogens (tertiary/aromatic N) is 1. The van der Waals surface area contributed by atoms with Crippen LogP contribution >= 0.6 is 15.9 Å². The van der Waals surface area contributed by atoms with Gasteiger partial charge in [-0.15, -0.1) is 0 Å². The van der Waals surface area contributed by atoms with E-state index in [1.54, 1.807) is 12.3 Å². The number of hydrogen-bond donors (Lipinski definition) is 1. The van der Waals surface area contributed by atoms with E-state index in [1.807, 2.05) is 30.3 Å². The van der Waals surface area contributed by atoms with E-state index in [1.165, 1.54) is 0 Å². The Kier molecular flexibility index (Phi) is 3.54. The lowest BCUT2D eigenvalue weighted by Crippen LogP contribution is -2.02. The van der Waals surface area contributed by atoms with E-state index in [4.69, 9.17) is 5.11 Å². The fourth-order valence-corrected chi connectivity index (χ4v) is 2.11. The van der Waals surface area contributed by atoms with Gasteiger partial charge in [0.25, 0.3) is 0 Å². The van der Waals surface area contributed by atoms with Gasteiger partial charge in [0.05, 0.1) is 12.1 Å². The minimum atomic E-state index is -0.873. The van der Waals surface area contributed by atoms with Gasteiger partial charge in [0.1, 0.15) is 0 Å². The summed E-state index contributed by atoms with van der Waals surface area (Å²) in [5, 5.41) is 8.73. The van der Waals surface area contributed by atoms with E-state index < -0.39 is 5.97 Å². The van der Waals surface area contributed by atoms with Crippen LogP contribution in [0.1, 0.15) is 5.69 Å². The van der Waals surface area contributed by atoms with Crippen molar-refractivity contribution in [1.82, 2.24) is 4.98 Å². The van der Waals surface area contributed by atoms with E-state index in [0.717, 1.165) is 15.6 Å². The van der Waals surface area contributed by atoms with Crippen molar-refractivity contribution in [1.29, 1.82) is 0 Å². The van der Waals surface area contributed by atoms with Gasteiger partial charge in [-0.05, 0) is 29.3 Å². The summed E-state index contributed by atoms with van der Waals surface area (Å²) < 4.78 is 0.979. The molecule has 1 aromatic carbocycles. The van der Waals surface area contributed by atoms with E-state index in [2.05, 4.69) is 20.9 Å². The van der Waals surface area contributed by atoms with Crippen LogP contribution in [0.3, 0.4) is 0 Å². The normalized spacial score (nSPS) is 10.2. The fraction of sp³-hybridized carbons (Fsp3) is 0.0769. The second-order valence-corrected chi connectivity index (χ2v) is 4.44. The molecule has 0 atom stereocenters. The van der Waals surface area contributed by atoms with Crippen molar-refractivity contribution in [2.75, 3.05) is 0 Å². The maximum Gasteiger partial charge on any atom is 0.309 e. The maximum absolute atomic E-state index is 10.6. The zero-order chi connectivity index (χ0) is 12.3. The number of hydrogen-bond acceptors (Lipinski definition) is 2. The van der Waals surface area contributed by atoms with Crippen LogP contribution in [-0.2, 0) is 11.2 Å². The molecule has 0 aliphatic rings. The van der Waals surface area contributed by atoms with Crippen molar-refractivity contribution in [3.63, 3.8) is 0 Å². The summed E-state index contributed by atoms with van der Waals surface area (Å²) >= 11 is 3.47. The number of carboxylic acid groups (broad SMARTS) is 1. The molecule has 0 saturated carbocycles. The Bertz CT molecular complexity index is 555. The van der Waals surface area contributed by atoms with Gasteiger partial charge in [-0.1, -0.05) is 34.1 Å². The summed E-state index contributed by atoms with van der Waals surface area (Å²) in [6.45, 7) is 0. The third-order valence-corrected chi connectivity index (χ3v) is 3.03. The number of aliphatic carboxylic acids is 1. The standard InChI is InChI=1S/C13H10BrNO2/c14-12-4-2-1-3-11(12)9-5-6-15-10(7-9)8-13(16)17/h1-7H,8H2,(H,16,17). The molecule has 0 saturated heterocycles. The van der Waals surface area contributed by atoms with Crippen LogP contribution < -0.4 is 0 Å². The average molecular weight is 292 g/mol. The average Bonchev–Trinajstić information content (AvgIpc) is 2.29. The fourth-order valence-electron chi connectivity index (χ4n) is 1.59. The molecule has 1 N–H and O–H groups in total. The summed E-state index contributed by atoms with van der Waals surface area (Å²) in [6, 6.07) is 11.5. The molecule has 0 fully saturated rings. The van der Waals surface area contributed by atoms with Crippen LogP contribution in [0.25, 0.3) is 11.1 Å². The molecule has 0 unspecified atom stereocenters. The highest BCUT2D eigenvalue weighted by Crippen LogP contribution is 2.27. The first-order chi connectivity index (χ1) is 8.16. The van der Waals surface area contributed by atoms with E-state index in [0.29, 0.717) is 5.69 Å². The lowest BCUT2D eigenvalue weighted by Gasteiger charge is -2.05. The van der Waals surface area contributed by atoms with E-state index in [-0.39, 0.29) is 6.42 Å². The molecule has 2 aromatic rings. The third kappa shape index (κ3) is 2.91. The summed E-state index contributed by atoms with van der Waals surface area (Å²) in [4.78, 5) is 14.7. The van der Waals surface area contributed by atoms with Gasteiger partial charge >= 0.3 is 5.97 Å². The zero-order valence-corrected chi connectivity index (χ0v) is 10.5. The predicted molar refractivity (Wildman–Crippen MR) is 68.7 cm³/mol. The van der Waals surface area contributed by atoms with Gasteiger partial charge in [0.2, 0.25) is 0 Å². The van der Waals surface area contributed by atoms with Gasteiger partial charge in [-0.2, -0.15) is 0 Å². The van der Waals surface area contributed by atoms with Gasteiger partial charge in [0, 0.05) is 10.7 Å². The van der Waals surface area contributed by atoms with Crippen LogP contribution in [0.15, 0.2) is 47.1 Å². The first-order valence-electron chi connectivity index (χ1n) is 5.08. The molecule has 86 valence electrons. The second kappa shape index (κ2) is 5.10. The number of aromatic nitrogens is 1. The van der Waals surface area contributed by atoms with E-state index in [9.17, 15) is 4.79 Å². The molecule has 1 heterocycles. The molecule has 2 rings (SSSR count). The van der Waals surface area contributed by atoms with Crippen molar-refractivity contribution in [3.8, 4) is 11.1 Å². The molecule has 4 heteroatoms. The molecule has 0 aliphatic heterocycles. The maximum atomic E-state index is 10.6. The molecule has 0 aliphatic carbocycles. The van der Waals surface area contributed by atoms with Crippen molar-refractivity contribution in [2.45, 2.75) is 6.42 Å². The zero-order valence-electron chi connectivity index (χ0n) is 8.93. The Hall–Kier alpha value is -1.68. The number of pyridine rings is 1. The largest absolute Gasteiger partial charge is 0.481 e. The second-order valence-electron chi connectivity index (χ2n) is 3.59. The molecule has 17 heavy (non-hydrogen) atoms. The highest BCUT2D eigenvalue weighted by atomic mass is 79.9. The van der Waals surface area contributed by atoms with Crippen molar-refractivity contribution >= 4 is 21.9 Å². The van der Waals surface area contributed by atoms with Crippen molar-refractivity contribution < 1.29 is 9.90 Å². The third-order valence-electron chi connectivity index (χ3n) is 2.33. The highest BCUT2D eigenvalue weighted by Gasteiger charge is 2.06. The first kappa shape index (κ1) is 11.8. The molecule has 0 amide bonds. The number of carboxylic acids is 1. The van der Waals surface area contributed by atoms with Gasteiger partial charge in [0.15, 0.2) is 0 Å². The lowest BCUT2D eigenvalue weighted by atomic mass is 10.1. The molecule has 0 spiro atoms. The minimum absolute atomic E-state index is 0.0572.